The fourth-order valence-corrected chi connectivity index (χ4v) is 9.18. The summed E-state index contributed by atoms with van der Waals surface area (Å²) in [6.07, 6.45) is 43.7. The lowest BCUT2D eigenvalue weighted by atomic mass is 10.0. The fourth-order valence-electron chi connectivity index (χ4n) is 9.18. The number of hydrogen-bond donors (Lipinski definition) is 2. The Morgan fingerprint density at radius 2 is 0.783 bits per heavy atom. The lowest BCUT2D eigenvalue weighted by Crippen LogP contribution is -2.46. The zero-order chi connectivity index (χ0) is 49.5. The molecule has 2 atom stereocenters. The predicted molar refractivity (Wildman–Crippen MR) is 283 cm³/mol. The lowest BCUT2D eigenvalue weighted by Gasteiger charge is -2.28. The number of nitrogens with one attached hydrogen (secondary N) is 2. The summed E-state index contributed by atoms with van der Waals surface area (Å²) in [6, 6.07) is 0. The highest BCUT2D eigenvalue weighted by atomic mass is 16.6. The quantitative estimate of drug-likeness (QED) is 0.0263. The highest BCUT2D eigenvalue weighted by Gasteiger charge is 2.32. The third-order valence-electron chi connectivity index (χ3n) is 13.6. The van der Waals surface area contributed by atoms with E-state index in [-0.39, 0.29) is 26.1 Å². The van der Waals surface area contributed by atoms with Crippen LogP contribution < -0.4 is 10.6 Å². The van der Waals surface area contributed by atoms with Gasteiger partial charge in [0.2, 0.25) is 0 Å². The molecule has 0 aromatic carbocycles. The second kappa shape index (κ2) is 46.0. The van der Waals surface area contributed by atoms with Crippen molar-refractivity contribution in [2.24, 2.45) is 0 Å². The molecule has 2 heterocycles. The number of ether oxygens (including phenoxy) is 4. The highest BCUT2D eigenvalue weighted by Crippen LogP contribution is 2.16. The summed E-state index contributed by atoms with van der Waals surface area (Å²) in [4.78, 5) is 57.5. The van der Waals surface area contributed by atoms with Crippen LogP contribution in [-0.2, 0) is 28.5 Å². The van der Waals surface area contributed by atoms with E-state index in [2.05, 4.69) is 58.6 Å². The van der Waals surface area contributed by atoms with Gasteiger partial charge < -0.3 is 39.4 Å². The molecule has 2 aliphatic rings. The van der Waals surface area contributed by atoms with Crippen molar-refractivity contribution in [1.82, 2.24) is 20.4 Å². The van der Waals surface area contributed by atoms with Gasteiger partial charge in [-0.3, -0.25) is 9.59 Å². The summed E-state index contributed by atoms with van der Waals surface area (Å²) in [5, 5.41) is 5.67. The topological polar surface area (TPSA) is 136 Å². The summed E-state index contributed by atoms with van der Waals surface area (Å²) in [5.41, 5.74) is 0. The van der Waals surface area contributed by atoms with Gasteiger partial charge in [-0.2, -0.15) is 0 Å². The van der Waals surface area contributed by atoms with E-state index in [1.165, 1.54) is 135 Å². The second-order valence-electron chi connectivity index (χ2n) is 19.9. The minimum atomic E-state index is -1.19. The number of likely N-dealkylation sites (tertiary alicyclic amines) is 2. The number of piperidine rings is 2. The van der Waals surface area contributed by atoms with E-state index in [9.17, 15) is 19.2 Å². The molecule has 2 amide bonds. The van der Waals surface area contributed by atoms with E-state index in [1.807, 2.05) is 0 Å². The van der Waals surface area contributed by atoms with Crippen LogP contribution >= 0.6 is 0 Å². The monoisotopic (exact) mass is 973 g/mol. The zero-order valence-corrected chi connectivity index (χ0v) is 44.4. The van der Waals surface area contributed by atoms with E-state index in [0.29, 0.717) is 25.9 Å². The molecule has 2 aliphatic heterocycles. The average Bonchev–Trinajstić information content (AvgIpc) is 3.36. The van der Waals surface area contributed by atoms with E-state index in [4.69, 9.17) is 18.9 Å². The van der Waals surface area contributed by atoms with E-state index in [0.717, 1.165) is 103 Å². The van der Waals surface area contributed by atoms with E-state index >= 15 is 0 Å². The number of rotatable bonds is 44. The first-order valence-electron chi connectivity index (χ1n) is 28.9. The molecule has 0 radical (unpaired) electrons. The number of allylic oxidation sites excluding steroid dienone is 4. The molecule has 2 unspecified atom stereocenters. The van der Waals surface area contributed by atoms with Crippen LogP contribution in [0.15, 0.2) is 24.3 Å². The molecule has 0 saturated carbocycles. The van der Waals surface area contributed by atoms with Crippen LogP contribution in [0.4, 0.5) is 9.59 Å². The van der Waals surface area contributed by atoms with Crippen molar-refractivity contribution in [1.29, 1.82) is 0 Å². The fraction of sp³-hybridized carbons (Fsp3) is 0.860. The molecule has 0 aliphatic carbocycles. The molecular weight excluding hydrogens is 869 g/mol. The first-order valence-corrected chi connectivity index (χ1v) is 28.9. The molecule has 400 valence electrons. The molecule has 2 saturated heterocycles. The van der Waals surface area contributed by atoms with Crippen molar-refractivity contribution >= 4 is 24.1 Å². The maximum absolute atomic E-state index is 13.3. The Hall–Kier alpha value is -3.12. The predicted octanol–water partition coefficient (Wildman–Crippen LogP) is 13.7. The van der Waals surface area contributed by atoms with Gasteiger partial charge in [-0.25, -0.2) is 9.59 Å². The largest absolute Gasteiger partial charge is 0.462 e. The second-order valence-corrected chi connectivity index (χ2v) is 19.9. The first kappa shape index (κ1) is 62.0. The Balaban J connectivity index is 1.89. The maximum Gasteiger partial charge on any atom is 0.407 e. The average molecular weight is 973 g/mol. The number of carbonyl (C=O) groups excluding carboxylic acids is 4. The van der Waals surface area contributed by atoms with Crippen molar-refractivity contribution in [2.45, 2.75) is 251 Å². The van der Waals surface area contributed by atoms with Crippen molar-refractivity contribution in [3.63, 3.8) is 0 Å². The van der Waals surface area contributed by atoms with Gasteiger partial charge >= 0.3 is 24.1 Å². The van der Waals surface area contributed by atoms with Gasteiger partial charge in [0.1, 0.15) is 13.2 Å². The number of alkyl carbamates (subject to hydrolysis) is 2. The van der Waals surface area contributed by atoms with Crippen LogP contribution in [-0.4, -0.2) is 112 Å². The standard InChI is InChI=1S/C57H104N4O8/c1-3-5-7-9-11-13-15-17-19-21-23-25-27-29-33-41-55(63)67-51-53(69-57(65)59-43-39-49-61-46-36-31-37-47-61)52(68-56(64)58-42-38-48-60-44-34-30-35-45-60)50-66-54(62)40-32-28-26-24-22-20-18-16-14-12-10-8-6-4-2/h11,13,17,19,52-53H,3-10,12,14-16,18,20-51H2,1-2H3,(H,58,64)(H,59,65)/b13-11-,19-17-. The molecule has 0 bridgehead atoms. The summed E-state index contributed by atoms with van der Waals surface area (Å²) >= 11 is 0. The van der Waals surface area contributed by atoms with Crippen molar-refractivity contribution in [2.75, 3.05) is 65.6 Å². The molecule has 12 nitrogen and oxygen atoms in total. The third-order valence-corrected chi connectivity index (χ3v) is 13.6. The van der Waals surface area contributed by atoms with Gasteiger partial charge in [-0.1, -0.05) is 167 Å². The summed E-state index contributed by atoms with van der Waals surface area (Å²) < 4.78 is 23.1. The first-order chi connectivity index (χ1) is 33.9. The molecule has 12 heteroatoms. The number of carbonyl (C=O) groups is 4. The van der Waals surface area contributed by atoms with Gasteiger partial charge in [-0.15, -0.1) is 0 Å². The minimum Gasteiger partial charge on any atom is -0.462 e. The Morgan fingerprint density at radius 1 is 0.435 bits per heavy atom. The number of hydrogen-bond acceptors (Lipinski definition) is 10. The SMILES string of the molecule is CCCCC/C=C\C/C=C\CCCCCCCC(=O)OCC(OC(=O)NCCCN1CCCCC1)C(COC(=O)CCCCCCCCCCCCCCCC)OC(=O)NCCCN1CCCCC1. The van der Waals surface area contributed by atoms with Crippen LogP contribution in [0.3, 0.4) is 0 Å². The Kier molecular flexibility index (Phi) is 41.3. The zero-order valence-electron chi connectivity index (χ0n) is 44.4. The number of esters is 2. The van der Waals surface area contributed by atoms with Crippen LogP contribution in [0.1, 0.15) is 239 Å². The van der Waals surface area contributed by atoms with E-state index in [1.54, 1.807) is 0 Å². The molecule has 69 heavy (non-hydrogen) atoms. The lowest BCUT2D eigenvalue weighted by molar-refractivity contribution is -0.156. The Labute approximate surface area is 422 Å². The third kappa shape index (κ3) is 38.3. The molecule has 0 aromatic rings. The highest BCUT2D eigenvalue weighted by molar-refractivity contribution is 5.71. The van der Waals surface area contributed by atoms with Crippen LogP contribution in [0, 0.1) is 0 Å². The van der Waals surface area contributed by atoms with Crippen LogP contribution in [0.5, 0.6) is 0 Å². The number of unbranched alkanes of at least 4 members (excludes halogenated alkanes) is 21. The van der Waals surface area contributed by atoms with Gasteiger partial charge in [0.25, 0.3) is 0 Å². The van der Waals surface area contributed by atoms with Gasteiger partial charge in [-0.05, 0) is 123 Å². The van der Waals surface area contributed by atoms with Crippen LogP contribution in [0.25, 0.3) is 0 Å². The Morgan fingerprint density at radius 3 is 1.19 bits per heavy atom. The van der Waals surface area contributed by atoms with Crippen molar-refractivity contribution in [3.8, 4) is 0 Å². The summed E-state index contributed by atoms with van der Waals surface area (Å²) in [7, 11) is 0. The summed E-state index contributed by atoms with van der Waals surface area (Å²) in [5.74, 6) is -0.810. The number of amides is 2. The molecule has 0 spiro atoms. The van der Waals surface area contributed by atoms with E-state index < -0.39 is 36.3 Å². The van der Waals surface area contributed by atoms with Crippen molar-refractivity contribution in [3.05, 3.63) is 24.3 Å². The molecule has 2 rings (SSSR count). The number of nitrogens with zero attached hydrogens (tertiary/aromatic N) is 2. The smallest absolute Gasteiger partial charge is 0.407 e. The van der Waals surface area contributed by atoms with Gasteiger partial charge in [0, 0.05) is 25.9 Å². The van der Waals surface area contributed by atoms with Gasteiger partial charge in [0.15, 0.2) is 12.2 Å². The Bertz CT molecular complexity index is 1300. The van der Waals surface area contributed by atoms with Gasteiger partial charge in [0.05, 0.1) is 0 Å². The maximum atomic E-state index is 13.3. The molecule has 2 N–H and O–H groups in total. The van der Waals surface area contributed by atoms with Crippen molar-refractivity contribution < 1.29 is 38.1 Å². The minimum absolute atomic E-state index is 0.233. The van der Waals surface area contributed by atoms with Crippen LogP contribution in [0.2, 0.25) is 0 Å². The molecule has 2 fully saturated rings. The molecule has 0 aromatic heterocycles. The molecular formula is C57H104N4O8. The summed E-state index contributed by atoms with van der Waals surface area (Å²) in [6.45, 7) is 10.7. The normalized spacial score (nSPS) is 15.6.